The quantitative estimate of drug-likeness (QED) is 0.832. The minimum Gasteiger partial charge on any atom is -0.339 e. The average molecular weight is 369 g/mol. The lowest BCUT2D eigenvalue weighted by molar-refractivity contribution is -0.130. The predicted octanol–water partition coefficient (Wildman–Crippen LogP) is 3.42. The molecular formula is C21H24FN3O2. The van der Waals surface area contributed by atoms with Crippen LogP contribution in [0.3, 0.4) is 0 Å². The molecule has 0 aliphatic carbocycles. The summed E-state index contributed by atoms with van der Waals surface area (Å²) in [4.78, 5) is 29.7. The molecule has 0 unspecified atom stereocenters. The van der Waals surface area contributed by atoms with E-state index in [1.807, 2.05) is 31.2 Å². The van der Waals surface area contributed by atoms with Crippen molar-refractivity contribution in [1.29, 1.82) is 0 Å². The van der Waals surface area contributed by atoms with Gasteiger partial charge < -0.3 is 9.80 Å². The number of hydrogen-bond acceptors (Lipinski definition) is 2. The summed E-state index contributed by atoms with van der Waals surface area (Å²) in [5.74, 6) is -0.362. The lowest BCUT2D eigenvalue weighted by Crippen LogP contribution is -2.53. The van der Waals surface area contributed by atoms with Crippen LogP contribution in [0.4, 0.5) is 14.9 Å². The van der Waals surface area contributed by atoms with Crippen molar-refractivity contribution in [2.45, 2.75) is 20.4 Å². The molecule has 0 spiro atoms. The second-order valence-corrected chi connectivity index (χ2v) is 6.83. The largest absolute Gasteiger partial charge is 0.339 e. The number of urea groups is 1. The molecule has 1 heterocycles. The molecule has 2 aromatic carbocycles. The highest BCUT2D eigenvalue weighted by atomic mass is 19.1. The number of rotatable bonds is 3. The van der Waals surface area contributed by atoms with Crippen LogP contribution in [0.25, 0.3) is 0 Å². The topological polar surface area (TPSA) is 43.9 Å². The fraction of sp³-hybridized carbons (Fsp3) is 0.333. The maximum absolute atomic E-state index is 13.8. The molecule has 5 nitrogen and oxygen atoms in total. The van der Waals surface area contributed by atoms with E-state index in [0.29, 0.717) is 38.4 Å². The lowest BCUT2D eigenvalue weighted by atomic mass is 10.1. The van der Waals surface area contributed by atoms with E-state index in [1.54, 1.807) is 26.8 Å². The van der Waals surface area contributed by atoms with E-state index in [-0.39, 0.29) is 17.8 Å². The summed E-state index contributed by atoms with van der Waals surface area (Å²) in [5.41, 5.74) is 2.64. The maximum Gasteiger partial charge on any atom is 0.324 e. The van der Waals surface area contributed by atoms with Gasteiger partial charge in [-0.25, -0.2) is 9.18 Å². The van der Waals surface area contributed by atoms with Gasteiger partial charge in [-0.2, -0.15) is 0 Å². The van der Waals surface area contributed by atoms with Crippen molar-refractivity contribution in [3.05, 3.63) is 65.5 Å². The molecule has 0 radical (unpaired) electrons. The van der Waals surface area contributed by atoms with Gasteiger partial charge in [0.15, 0.2) is 0 Å². The van der Waals surface area contributed by atoms with Crippen LogP contribution in [0.2, 0.25) is 0 Å². The van der Waals surface area contributed by atoms with Crippen molar-refractivity contribution in [3.8, 4) is 0 Å². The molecule has 2 aromatic rings. The molecule has 1 aliphatic rings. The standard InChI is InChI=1S/C21H24FN3O2/c1-16-6-8-18(9-7-16)15-25(20-5-3-4-19(22)14-20)21(27)24-12-10-23(11-13-24)17(2)26/h3-9,14H,10-13,15H2,1-2H3. The van der Waals surface area contributed by atoms with Crippen molar-refractivity contribution in [3.63, 3.8) is 0 Å². The number of piperazine rings is 1. The maximum atomic E-state index is 13.8. The Bertz CT molecular complexity index is 814. The SMILES string of the molecule is CC(=O)N1CCN(C(=O)N(Cc2ccc(C)cc2)c2cccc(F)c2)CC1. The number of halogens is 1. The number of carbonyl (C=O) groups excluding carboxylic acids is 2. The highest BCUT2D eigenvalue weighted by Gasteiger charge is 2.27. The van der Waals surface area contributed by atoms with Gasteiger partial charge in [0.2, 0.25) is 5.91 Å². The number of benzene rings is 2. The zero-order chi connectivity index (χ0) is 19.4. The Hall–Kier alpha value is -2.89. The van der Waals surface area contributed by atoms with Crippen LogP contribution in [-0.4, -0.2) is 47.9 Å². The number of hydrogen-bond donors (Lipinski definition) is 0. The molecule has 0 bridgehead atoms. The van der Waals surface area contributed by atoms with Gasteiger partial charge in [0.05, 0.1) is 6.54 Å². The normalized spacial score (nSPS) is 14.2. The monoisotopic (exact) mass is 369 g/mol. The fourth-order valence-corrected chi connectivity index (χ4v) is 3.17. The Morgan fingerprint density at radius 2 is 1.63 bits per heavy atom. The Labute approximate surface area is 159 Å². The second-order valence-electron chi connectivity index (χ2n) is 6.83. The molecule has 1 saturated heterocycles. The van der Waals surface area contributed by atoms with Crippen molar-refractivity contribution in [2.75, 3.05) is 31.1 Å². The van der Waals surface area contributed by atoms with Gasteiger partial charge in [-0.15, -0.1) is 0 Å². The smallest absolute Gasteiger partial charge is 0.324 e. The summed E-state index contributed by atoms with van der Waals surface area (Å²) in [5, 5.41) is 0. The molecule has 0 atom stereocenters. The zero-order valence-corrected chi connectivity index (χ0v) is 15.7. The molecule has 27 heavy (non-hydrogen) atoms. The van der Waals surface area contributed by atoms with E-state index in [2.05, 4.69) is 0 Å². The molecule has 0 saturated carbocycles. The first-order chi connectivity index (χ1) is 12.9. The van der Waals surface area contributed by atoms with Crippen LogP contribution in [-0.2, 0) is 11.3 Å². The van der Waals surface area contributed by atoms with Crippen molar-refractivity contribution >= 4 is 17.6 Å². The molecular weight excluding hydrogens is 345 g/mol. The van der Waals surface area contributed by atoms with E-state index < -0.39 is 0 Å². The Balaban J connectivity index is 1.82. The third kappa shape index (κ3) is 4.64. The molecule has 6 heteroatoms. The molecule has 1 fully saturated rings. The third-order valence-electron chi connectivity index (χ3n) is 4.81. The highest BCUT2D eigenvalue weighted by molar-refractivity contribution is 5.92. The van der Waals surface area contributed by atoms with Gasteiger partial charge in [0.1, 0.15) is 5.82 Å². The summed E-state index contributed by atoms with van der Waals surface area (Å²) >= 11 is 0. The van der Waals surface area contributed by atoms with Gasteiger partial charge in [-0.1, -0.05) is 35.9 Å². The first kappa shape index (κ1) is 18.9. The van der Waals surface area contributed by atoms with Gasteiger partial charge in [0.25, 0.3) is 0 Å². The van der Waals surface area contributed by atoms with Crippen molar-refractivity contribution in [1.82, 2.24) is 9.80 Å². The van der Waals surface area contributed by atoms with Gasteiger partial charge in [-0.05, 0) is 30.7 Å². The van der Waals surface area contributed by atoms with Crippen LogP contribution in [0.5, 0.6) is 0 Å². The molecule has 1 aliphatic heterocycles. The average Bonchev–Trinajstić information content (AvgIpc) is 2.67. The molecule has 3 amide bonds. The zero-order valence-electron chi connectivity index (χ0n) is 15.7. The van der Waals surface area contributed by atoms with Crippen LogP contribution in [0, 0.1) is 12.7 Å². The predicted molar refractivity (Wildman–Crippen MR) is 103 cm³/mol. The van der Waals surface area contributed by atoms with Gasteiger partial charge in [0, 0.05) is 38.8 Å². The van der Waals surface area contributed by atoms with Crippen LogP contribution < -0.4 is 4.90 Å². The third-order valence-corrected chi connectivity index (χ3v) is 4.81. The Morgan fingerprint density at radius 1 is 1.00 bits per heavy atom. The minimum atomic E-state index is -0.379. The number of aryl methyl sites for hydroxylation is 1. The van der Waals surface area contributed by atoms with E-state index in [1.165, 1.54) is 19.1 Å². The fourth-order valence-electron chi connectivity index (χ4n) is 3.17. The Kier molecular flexibility index (Phi) is 5.74. The van der Waals surface area contributed by atoms with E-state index in [9.17, 15) is 14.0 Å². The van der Waals surface area contributed by atoms with E-state index >= 15 is 0 Å². The highest BCUT2D eigenvalue weighted by Crippen LogP contribution is 2.21. The molecule has 0 N–H and O–H groups in total. The summed E-state index contributed by atoms with van der Waals surface area (Å²) in [6, 6.07) is 13.8. The summed E-state index contributed by atoms with van der Waals surface area (Å²) in [6.45, 7) is 5.87. The minimum absolute atomic E-state index is 0.0174. The van der Waals surface area contributed by atoms with E-state index in [0.717, 1.165) is 11.1 Å². The number of nitrogens with zero attached hydrogens (tertiary/aromatic N) is 3. The number of carbonyl (C=O) groups is 2. The molecule has 142 valence electrons. The molecule has 3 rings (SSSR count). The van der Waals surface area contributed by atoms with Crippen molar-refractivity contribution < 1.29 is 14.0 Å². The first-order valence-electron chi connectivity index (χ1n) is 9.07. The summed E-state index contributed by atoms with van der Waals surface area (Å²) in [7, 11) is 0. The van der Waals surface area contributed by atoms with E-state index in [4.69, 9.17) is 0 Å². The number of amides is 3. The second kappa shape index (κ2) is 8.20. The summed E-state index contributed by atoms with van der Waals surface area (Å²) in [6.07, 6.45) is 0. The van der Waals surface area contributed by atoms with Crippen LogP contribution in [0.1, 0.15) is 18.1 Å². The van der Waals surface area contributed by atoms with Gasteiger partial charge in [-0.3, -0.25) is 9.69 Å². The van der Waals surface area contributed by atoms with Gasteiger partial charge >= 0.3 is 6.03 Å². The molecule has 0 aromatic heterocycles. The van der Waals surface area contributed by atoms with Crippen LogP contribution in [0.15, 0.2) is 48.5 Å². The number of anilines is 1. The van der Waals surface area contributed by atoms with Crippen LogP contribution >= 0.6 is 0 Å². The lowest BCUT2D eigenvalue weighted by Gasteiger charge is -2.37. The summed E-state index contributed by atoms with van der Waals surface area (Å²) < 4.78 is 13.8. The van der Waals surface area contributed by atoms with Crippen molar-refractivity contribution in [2.24, 2.45) is 0 Å². The Morgan fingerprint density at radius 3 is 2.22 bits per heavy atom. The first-order valence-corrected chi connectivity index (χ1v) is 9.07.